The van der Waals surface area contributed by atoms with Crippen LogP contribution in [0, 0.1) is 0 Å². The maximum Gasteiger partial charge on any atom is 0.0623 e. The maximum atomic E-state index is 7.58. The number of fused-ring (bicyclic) bond motifs is 2. The molecule has 2 aromatic rings. The first-order valence-corrected chi connectivity index (χ1v) is 5.20. The van der Waals surface area contributed by atoms with Crippen molar-refractivity contribution < 1.29 is 2.74 Å². The SMILES string of the molecule is [2H]c1ccc2c(c1)Sc1cc([2H])ccc1N2. The molecule has 0 saturated carbocycles. The van der Waals surface area contributed by atoms with Crippen molar-refractivity contribution in [2.75, 3.05) is 5.32 Å². The van der Waals surface area contributed by atoms with Crippen molar-refractivity contribution >= 4 is 23.1 Å². The number of rotatable bonds is 0. The molecule has 2 aromatic carbocycles. The fourth-order valence-corrected chi connectivity index (χ4v) is 2.42. The van der Waals surface area contributed by atoms with Crippen LogP contribution in [0.5, 0.6) is 0 Å². The summed E-state index contributed by atoms with van der Waals surface area (Å²) in [5.41, 5.74) is 2.07. The highest BCUT2D eigenvalue weighted by Crippen LogP contribution is 2.43. The number of para-hydroxylation sites is 2. The number of hydrogen-bond donors (Lipinski definition) is 1. The van der Waals surface area contributed by atoms with Gasteiger partial charge in [0.2, 0.25) is 0 Å². The maximum absolute atomic E-state index is 7.58. The first-order chi connectivity index (χ1) is 7.72. The summed E-state index contributed by atoms with van der Waals surface area (Å²) in [5, 5.41) is 3.31. The van der Waals surface area contributed by atoms with E-state index in [-0.39, 0.29) is 0 Å². The minimum absolute atomic E-state index is 0.513. The lowest BCUT2D eigenvalue weighted by molar-refractivity contribution is 1.32. The summed E-state index contributed by atoms with van der Waals surface area (Å²) in [4.78, 5) is 2.09. The molecule has 0 aliphatic carbocycles. The molecule has 0 unspecified atom stereocenters. The van der Waals surface area contributed by atoms with Crippen LogP contribution in [-0.2, 0) is 0 Å². The Kier molecular flexibility index (Phi) is 1.35. The van der Waals surface area contributed by atoms with Gasteiger partial charge in [0.15, 0.2) is 0 Å². The Morgan fingerprint density at radius 2 is 1.50 bits per heavy atom. The van der Waals surface area contributed by atoms with Crippen LogP contribution in [-0.4, -0.2) is 0 Å². The minimum atomic E-state index is 0.513. The molecule has 1 nitrogen and oxygen atoms in total. The zero-order chi connectivity index (χ0) is 11.1. The monoisotopic (exact) mass is 201 g/mol. The summed E-state index contributed by atoms with van der Waals surface area (Å²) in [7, 11) is 0. The van der Waals surface area contributed by atoms with Crippen molar-refractivity contribution in [1.29, 1.82) is 0 Å². The summed E-state index contributed by atoms with van der Waals surface area (Å²) in [6.07, 6.45) is 0. The van der Waals surface area contributed by atoms with E-state index in [0.717, 1.165) is 21.2 Å². The second kappa shape index (κ2) is 3.07. The van der Waals surface area contributed by atoms with Crippen LogP contribution in [0.25, 0.3) is 0 Å². The lowest BCUT2D eigenvalue weighted by Gasteiger charge is -2.19. The van der Waals surface area contributed by atoms with Crippen LogP contribution in [0.15, 0.2) is 58.3 Å². The normalized spacial score (nSPS) is 14.6. The van der Waals surface area contributed by atoms with Crippen molar-refractivity contribution in [3.8, 4) is 0 Å². The van der Waals surface area contributed by atoms with Crippen LogP contribution < -0.4 is 5.32 Å². The lowest BCUT2D eigenvalue weighted by atomic mass is 10.2. The van der Waals surface area contributed by atoms with Gasteiger partial charge >= 0.3 is 0 Å². The molecule has 3 rings (SSSR count). The first kappa shape index (κ1) is 6.14. The van der Waals surface area contributed by atoms with Crippen molar-refractivity contribution in [2.24, 2.45) is 0 Å². The number of benzene rings is 2. The summed E-state index contributed by atoms with van der Waals surface area (Å²) in [6, 6.07) is 12.1. The molecule has 1 aliphatic heterocycles. The molecule has 1 N–H and O–H groups in total. The van der Waals surface area contributed by atoms with Gasteiger partial charge in [0.1, 0.15) is 0 Å². The van der Waals surface area contributed by atoms with E-state index in [2.05, 4.69) is 5.32 Å². The quantitative estimate of drug-likeness (QED) is 0.592. The largest absolute Gasteiger partial charge is 0.354 e. The third-order valence-corrected chi connectivity index (χ3v) is 3.26. The third-order valence-electron chi connectivity index (χ3n) is 2.14. The minimum Gasteiger partial charge on any atom is -0.354 e. The van der Waals surface area contributed by atoms with Crippen molar-refractivity contribution in [3.05, 3.63) is 48.5 Å². The van der Waals surface area contributed by atoms with Crippen LogP contribution in [0.1, 0.15) is 2.74 Å². The zero-order valence-electron chi connectivity index (χ0n) is 9.37. The van der Waals surface area contributed by atoms with E-state index >= 15 is 0 Å². The van der Waals surface area contributed by atoms with Crippen LogP contribution >= 0.6 is 11.8 Å². The molecule has 1 heterocycles. The van der Waals surface area contributed by atoms with E-state index in [1.807, 2.05) is 24.3 Å². The van der Waals surface area contributed by atoms with Crippen LogP contribution in [0.4, 0.5) is 11.4 Å². The first-order valence-electron chi connectivity index (χ1n) is 5.38. The molecule has 68 valence electrons. The third kappa shape index (κ3) is 1.19. The van der Waals surface area contributed by atoms with Gasteiger partial charge in [0, 0.05) is 9.79 Å². The molecular formula is C12H9NS. The van der Waals surface area contributed by atoms with Gasteiger partial charge in [-0.05, 0) is 24.3 Å². The molecular weight excluding hydrogens is 190 g/mol. The Morgan fingerprint density at radius 1 is 0.929 bits per heavy atom. The smallest absolute Gasteiger partial charge is 0.0623 e. The number of anilines is 2. The van der Waals surface area contributed by atoms with Crippen molar-refractivity contribution in [2.45, 2.75) is 9.79 Å². The van der Waals surface area contributed by atoms with E-state index < -0.39 is 0 Å². The molecule has 14 heavy (non-hydrogen) atoms. The Labute approximate surface area is 90.0 Å². The summed E-state index contributed by atoms with van der Waals surface area (Å²) in [6.45, 7) is 0. The van der Waals surface area contributed by atoms with Gasteiger partial charge in [-0.2, -0.15) is 0 Å². The summed E-state index contributed by atoms with van der Waals surface area (Å²) >= 11 is 1.61. The Balaban J connectivity index is 2.10. The summed E-state index contributed by atoms with van der Waals surface area (Å²) < 4.78 is 15.2. The average molecular weight is 201 g/mol. The van der Waals surface area contributed by atoms with Gasteiger partial charge in [-0.25, -0.2) is 0 Å². The molecule has 0 atom stereocenters. The molecule has 0 radical (unpaired) electrons. The van der Waals surface area contributed by atoms with E-state index in [1.54, 1.807) is 23.9 Å². The number of nitrogens with one attached hydrogen (secondary N) is 1. The highest BCUT2D eigenvalue weighted by molar-refractivity contribution is 7.99. The molecule has 0 amide bonds. The molecule has 2 heteroatoms. The van der Waals surface area contributed by atoms with E-state index in [0.29, 0.717) is 12.1 Å². The predicted molar refractivity (Wildman–Crippen MR) is 60.3 cm³/mol. The van der Waals surface area contributed by atoms with Crippen LogP contribution in [0.3, 0.4) is 0 Å². The van der Waals surface area contributed by atoms with Crippen molar-refractivity contribution in [1.82, 2.24) is 0 Å². The second-order valence-corrected chi connectivity index (χ2v) is 4.16. The molecule has 0 aromatic heterocycles. The fraction of sp³-hybridized carbons (Fsp3) is 0. The molecule has 0 saturated heterocycles. The molecule has 1 aliphatic rings. The van der Waals surface area contributed by atoms with Crippen LogP contribution in [0.2, 0.25) is 0 Å². The van der Waals surface area contributed by atoms with Crippen molar-refractivity contribution in [3.63, 3.8) is 0 Å². The highest BCUT2D eigenvalue weighted by Gasteiger charge is 2.13. The van der Waals surface area contributed by atoms with Gasteiger partial charge in [-0.3, -0.25) is 0 Å². The number of hydrogen-bond acceptors (Lipinski definition) is 2. The molecule has 0 bridgehead atoms. The van der Waals surface area contributed by atoms with Gasteiger partial charge in [-0.1, -0.05) is 36.0 Å². The molecule has 0 spiro atoms. The highest BCUT2D eigenvalue weighted by atomic mass is 32.2. The Hall–Kier alpha value is -1.41. The molecule has 0 fully saturated rings. The van der Waals surface area contributed by atoms with Gasteiger partial charge in [-0.15, -0.1) is 0 Å². The average Bonchev–Trinajstić information content (AvgIpc) is 2.26. The lowest BCUT2D eigenvalue weighted by Crippen LogP contribution is -1.98. The van der Waals surface area contributed by atoms with E-state index in [1.165, 1.54) is 0 Å². The zero-order valence-corrected chi connectivity index (χ0v) is 8.19. The van der Waals surface area contributed by atoms with Gasteiger partial charge in [0.25, 0.3) is 0 Å². The van der Waals surface area contributed by atoms with Gasteiger partial charge in [0.05, 0.1) is 14.1 Å². The van der Waals surface area contributed by atoms with Gasteiger partial charge < -0.3 is 5.32 Å². The predicted octanol–water partition coefficient (Wildman–Crippen LogP) is 3.89. The summed E-state index contributed by atoms with van der Waals surface area (Å²) in [5.74, 6) is 0. The topological polar surface area (TPSA) is 12.0 Å². The Morgan fingerprint density at radius 3 is 2.07 bits per heavy atom. The van der Waals surface area contributed by atoms with E-state index in [9.17, 15) is 0 Å². The fourth-order valence-electron chi connectivity index (χ4n) is 1.47. The standard InChI is InChI=1S/C12H9NS/c1-3-7-11-9(5-1)13-10-6-2-4-8-12(10)14-11/h1-8,13H/i3D,4D. The van der Waals surface area contributed by atoms with E-state index in [4.69, 9.17) is 2.74 Å². The second-order valence-electron chi connectivity index (χ2n) is 3.07. The Bertz CT molecular complexity index is 519.